The lowest BCUT2D eigenvalue weighted by molar-refractivity contribution is -0.135. The van der Waals surface area contributed by atoms with E-state index in [4.69, 9.17) is 18.9 Å². The van der Waals surface area contributed by atoms with Crippen LogP contribution in [0.5, 0.6) is 23.0 Å². The van der Waals surface area contributed by atoms with Crippen molar-refractivity contribution in [2.24, 2.45) is 0 Å². The van der Waals surface area contributed by atoms with Gasteiger partial charge in [-0.15, -0.1) is 0 Å². The third kappa shape index (κ3) is 4.94. The molecule has 0 aromatic heterocycles. The molecule has 162 valence electrons. The summed E-state index contributed by atoms with van der Waals surface area (Å²) in [6.45, 7) is 3.07. The van der Waals surface area contributed by atoms with Crippen LogP contribution in [0.3, 0.4) is 0 Å². The molecule has 3 rings (SSSR count). The smallest absolute Gasteiger partial charge is 0.260 e. The molecule has 0 radical (unpaired) electrons. The highest BCUT2D eigenvalue weighted by Crippen LogP contribution is 2.40. The van der Waals surface area contributed by atoms with Gasteiger partial charge in [0.25, 0.3) is 5.91 Å². The third-order valence-corrected chi connectivity index (χ3v) is 5.09. The number of rotatable bonds is 8. The van der Waals surface area contributed by atoms with E-state index in [2.05, 4.69) is 4.90 Å². The zero-order valence-corrected chi connectivity index (χ0v) is 17.5. The summed E-state index contributed by atoms with van der Waals surface area (Å²) in [6.07, 6.45) is 0. The molecule has 1 saturated heterocycles. The molecule has 2 aromatic carbocycles. The van der Waals surface area contributed by atoms with Crippen molar-refractivity contribution in [3.05, 3.63) is 47.8 Å². The molecule has 8 heteroatoms. The minimum atomic E-state index is -0.473. The van der Waals surface area contributed by atoms with Crippen molar-refractivity contribution in [3.63, 3.8) is 0 Å². The van der Waals surface area contributed by atoms with Gasteiger partial charge >= 0.3 is 0 Å². The molecule has 0 unspecified atom stereocenters. The van der Waals surface area contributed by atoms with E-state index in [9.17, 15) is 9.18 Å². The average molecular weight is 418 g/mol. The minimum Gasteiger partial charge on any atom is -0.493 e. The normalized spacial score (nSPS) is 14.3. The van der Waals surface area contributed by atoms with E-state index in [1.165, 1.54) is 12.1 Å². The quantitative estimate of drug-likeness (QED) is 0.657. The number of halogens is 1. The zero-order chi connectivity index (χ0) is 21.5. The van der Waals surface area contributed by atoms with Gasteiger partial charge in [0.15, 0.2) is 29.7 Å². The molecule has 1 amide bonds. The van der Waals surface area contributed by atoms with Crippen LogP contribution in [-0.2, 0) is 11.3 Å². The summed E-state index contributed by atoms with van der Waals surface area (Å²) in [4.78, 5) is 16.4. The Bertz CT molecular complexity index is 869. The number of nitrogens with zero attached hydrogens (tertiary/aromatic N) is 2. The summed E-state index contributed by atoms with van der Waals surface area (Å²) in [5.41, 5.74) is 0.984. The molecule has 0 aliphatic carbocycles. The highest BCUT2D eigenvalue weighted by Gasteiger charge is 2.24. The van der Waals surface area contributed by atoms with Gasteiger partial charge in [-0.2, -0.15) is 0 Å². The van der Waals surface area contributed by atoms with E-state index in [1.54, 1.807) is 38.4 Å². The lowest BCUT2D eigenvalue weighted by atomic mass is 10.1. The molecule has 0 atom stereocenters. The predicted octanol–water partition coefficient (Wildman–Crippen LogP) is 2.57. The highest BCUT2D eigenvalue weighted by atomic mass is 19.1. The summed E-state index contributed by atoms with van der Waals surface area (Å²) >= 11 is 0. The molecule has 1 fully saturated rings. The van der Waals surface area contributed by atoms with Gasteiger partial charge in [0, 0.05) is 38.3 Å². The van der Waals surface area contributed by atoms with Crippen molar-refractivity contribution in [1.29, 1.82) is 0 Å². The van der Waals surface area contributed by atoms with Gasteiger partial charge in [0.2, 0.25) is 5.75 Å². The van der Waals surface area contributed by atoms with Crippen molar-refractivity contribution >= 4 is 5.91 Å². The number of amides is 1. The standard InChI is InChI=1S/C22H27FN2O5/c1-27-19-9-8-16(21(28-2)22(19)29-3)14-24-10-12-25(13-11-24)20(26)15-30-18-7-5-4-6-17(18)23/h4-9H,10-15H2,1-3H3. The molecule has 1 aliphatic rings. The summed E-state index contributed by atoms with van der Waals surface area (Å²) in [6, 6.07) is 9.88. The number of ether oxygens (including phenoxy) is 4. The number of piperazine rings is 1. The Morgan fingerprint density at radius 1 is 0.900 bits per heavy atom. The molecule has 0 bridgehead atoms. The summed E-state index contributed by atoms with van der Waals surface area (Å²) < 4.78 is 35.3. The van der Waals surface area contributed by atoms with Gasteiger partial charge in [-0.25, -0.2) is 4.39 Å². The second-order valence-corrected chi connectivity index (χ2v) is 6.87. The van der Waals surface area contributed by atoms with E-state index in [1.807, 2.05) is 12.1 Å². The van der Waals surface area contributed by atoms with Crippen LogP contribution in [0.15, 0.2) is 36.4 Å². The Balaban J connectivity index is 1.54. The second-order valence-electron chi connectivity index (χ2n) is 6.87. The van der Waals surface area contributed by atoms with Crippen LogP contribution in [0.25, 0.3) is 0 Å². The molecule has 1 aliphatic heterocycles. The molecule has 2 aromatic rings. The number of carbonyl (C=O) groups excluding carboxylic acids is 1. The van der Waals surface area contributed by atoms with Crippen LogP contribution < -0.4 is 18.9 Å². The number of carbonyl (C=O) groups is 1. The van der Waals surface area contributed by atoms with E-state index >= 15 is 0 Å². The Morgan fingerprint density at radius 2 is 1.60 bits per heavy atom. The van der Waals surface area contributed by atoms with Gasteiger partial charge in [-0.3, -0.25) is 9.69 Å². The summed E-state index contributed by atoms with van der Waals surface area (Å²) in [7, 11) is 4.77. The molecule has 0 spiro atoms. The number of hydrogen-bond donors (Lipinski definition) is 0. The minimum absolute atomic E-state index is 0.0880. The average Bonchev–Trinajstić information content (AvgIpc) is 2.78. The van der Waals surface area contributed by atoms with Crippen LogP contribution in [0, 0.1) is 5.82 Å². The zero-order valence-electron chi connectivity index (χ0n) is 17.5. The fourth-order valence-corrected chi connectivity index (χ4v) is 3.48. The highest BCUT2D eigenvalue weighted by molar-refractivity contribution is 5.77. The Kier molecular flexibility index (Phi) is 7.35. The SMILES string of the molecule is COc1ccc(CN2CCN(C(=O)COc3ccccc3F)CC2)c(OC)c1OC. The number of para-hydroxylation sites is 1. The maximum absolute atomic E-state index is 13.6. The maximum atomic E-state index is 13.6. The molecule has 1 heterocycles. The Labute approximate surface area is 175 Å². The monoisotopic (exact) mass is 418 g/mol. The number of methoxy groups -OCH3 is 3. The maximum Gasteiger partial charge on any atom is 0.260 e. The van der Waals surface area contributed by atoms with E-state index < -0.39 is 5.82 Å². The van der Waals surface area contributed by atoms with Crippen molar-refractivity contribution in [3.8, 4) is 23.0 Å². The van der Waals surface area contributed by atoms with Crippen LogP contribution >= 0.6 is 0 Å². The van der Waals surface area contributed by atoms with Gasteiger partial charge in [0.05, 0.1) is 21.3 Å². The van der Waals surface area contributed by atoms with E-state index in [-0.39, 0.29) is 18.3 Å². The van der Waals surface area contributed by atoms with Gasteiger partial charge in [0.1, 0.15) is 0 Å². The van der Waals surface area contributed by atoms with Crippen molar-refractivity contribution < 1.29 is 28.1 Å². The predicted molar refractivity (Wildman–Crippen MR) is 110 cm³/mol. The molecular formula is C22H27FN2O5. The van der Waals surface area contributed by atoms with Gasteiger partial charge in [-0.1, -0.05) is 18.2 Å². The fourth-order valence-electron chi connectivity index (χ4n) is 3.48. The second kappa shape index (κ2) is 10.2. The lowest BCUT2D eigenvalue weighted by Gasteiger charge is -2.35. The van der Waals surface area contributed by atoms with Crippen molar-refractivity contribution in [2.75, 3.05) is 54.1 Å². The Hall–Kier alpha value is -3.00. The Morgan fingerprint density at radius 3 is 2.23 bits per heavy atom. The summed E-state index contributed by atoms with van der Waals surface area (Å²) in [5.74, 6) is 1.29. The number of hydrogen-bond acceptors (Lipinski definition) is 6. The fraction of sp³-hybridized carbons (Fsp3) is 0.409. The van der Waals surface area contributed by atoms with Gasteiger partial charge in [-0.05, 0) is 18.2 Å². The van der Waals surface area contributed by atoms with Crippen LogP contribution in [0.2, 0.25) is 0 Å². The number of benzene rings is 2. The largest absolute Gasteiger partial charge is 0.493 e. The van der Waals surface area contributed by atoms with E-state index in [0.29, 0.717) is 50.0 Å². The summed E-state index contributed by atoms with van der Waals surface area (Å²) in [5, 5.41) is 0. The van der Waals surface area contributed by atoms with Crippen molar-refractivity contribution in [1.82, 2.24) is 9.80 Å². The first-order valence-electron chi connectivity index (χ1n) is 9.72. The molecule has 30 heavy (non-hydrogen) atoms. The van der Waals surface area contributed by atoms with Crippen LogP contribution in [0.4, 0.5) is 4.39 Å². The topological polar surface area (TPSA) is 60.5 Å². The molecule has 0 N–H and O–H groups in total. The molecular weight excluding hydrogens is 391 g/mol. The van der Waals surface area contributed by atoms with E-state index in [0.717, 1.165) is 5.56 Å². The lowest BCUT2D eigenvalue weighted by Crippen LogP contribution is -2.49. The first-order valence-corrected chi connectivity index (χ1v) is 9.72. The van der Waals surface area contributed by atoms with Crippen LogP contribution in [-0.4, -0.2) is 69.8 Å². The molecule has 7 nitrogen and oxygen atoms in total. The van der Waals surface area contributed by atoms with Crippen LogP contribution in [0.1, 0.15) is 5.56 Å². The van der Waals surface area contributed by atoms with Gasteiger partial charge < -0.3 is 23.8 Å². The third-order valence-electron chi connectivity index (χ3n) is 5.09. The van der Waals surface area contributed by atoms with Crippen molar-refractivity contribution in [2.45, 2.75) is 6.54 Å². The molecule has 0 saturated carbocycles. The first kappa shape index (κ1) is 21.7. The first-order chi connectivity index (χ1) is 14.6.